The molecule has 2 heterocycles. The van der Waals surface area contributed by atoms with E-state index < -0.39 is 5.60 Å². The van der Waals surface area contributed by atoms with Crippen LogP contribution in [0.25, 0.3) is 0 Å². The lowest BCUT2D eigenvalue weighted by Gasteiger charge is -2.32. The van der Waals surface area contributed by atoms with E-state index in [2.05, 4.69) is 20.3 Å². The standard InChI is InChI=1S/C16H25N5O2/c1-16(2,3)23-15(22)21-9-6-12(7-10-21)19-11-13-5-8-18-14(17-4)20-13/h5,8,11-12H,6-7,9-10H2,1-4H3,(H,17,18,20). The first-order valence-electron chi connectivity index (χ1n) is 7.89. The molecule has 0 aliphatic carbocycles. The average molecular weight is 319 g/mol. The van der Waals surface area contributed by atoms with E-state index in [1.165, 1.54) is 0 Å². The first kappa shape index (κ1) is 17.2. The summed E-state index contributed by atoms with van der Waals surface area (Å²) in [7, 11) is 1.78. The van der Waals surface area contributed by atoms with Crippen molar-refractivity contribution in [2.45, 2.75) is 45.3 Å². The monoisotopic (exact) mass is 319 g/mol. The van der Waals surface area contributed by atoms with Crippen LogP contribution in [0.3, 0.4) is 0 Å². The summed E-state index contributed by atoms with van der Waals surface area (Å²) in [6.45, 7) is 6.97. The molecule has 2 rings (SSSR count). The van der Waals surface area contributed by atoms with E-state index in [9.17, 15) is 4.79 Å². The average Bonchev–Trinajstić information content (AvgIpc) is 2.52. The van der Waals surface area contributed by atoms with Crippen LogP contribution in [0.4, 0.5) is 10.7 Å². The van der Waals surface area contributed by atoms with Gasteiger partial charge < -0.3 is 15.0 Å². The van der Waals surface area contributed by atoms with Gasteiger partial charge in [0.05, 0.1) is 11.7 Å². The van der Waals surface area contributed by atoms with E-state index in [0.717, 1.165) is 18.5 Å². The second-order valence-electron chi connectivity index (χ2n) is 6.53. The number of aromatic nitrogens is 2. The van der Waals surface area contributed by atoms with Crippen LogP contribution in [-0.2, 0) is 4.74 Å². The Hall–Kier alpha value is -2.18. The Morgan fingerprint density at radius 1 is 1.43 bits per heavy atom. The molecule has 0 saturated carbocycles. The molecule has 0 radical (unpaired) electrons. The van der Waals surface area contributed by atoms with Gasteiger partial charge in [0.25, 0.3) is 0 Å². The van der Waals surface area contributed by atoms with Gasteiger partial charge in [0.2, 0.25) is 5.95 Å². The van der Waals surface area contributed by atoms with Crippen LogP contribution < -0.4 is 5.32 Å². The largest absolute Gasteiger partial charge is 0.444 e. The highest BCUT2D eigenvalue weighted by Crippen LogP contribution is 2.17. The molecule has 0 unspecified atom stereocenters. The molecule has 126 valence electrons. The number of amides is 1. The Kier molecular flexibility index (Phi) is 5.52. The maximum absolute atomic E-state index is 12.0. The first-order chi connectivity index (χ1) is 10.9. The summed E-state index contributed by atoms with van der Waals surface area (Å²) < 4.78 is 5.39. The van der Waals surface area contributed by atoms with Gasteiger partial charge in [0.1, 0.15) is 5.60 Å². The molecule has 1 aromatic rings. The Balaban J connectivity index is 1.84. The number of ether oxygens (including phenoxy) is 1. The molecule has 0 aromatic carbocycles. The van der Waals surface area contributed by atoms with Crippen LogP contribution in [0.15, 0.2) is 17.3 Å². The van der Waals surface area contributed by atoms with Crippen molar-refractivity contribution in [1.29, 1.82) is 0 Å². The number of anilines is 1. The molecule has 1 N–H and O–H groups in total. The van der Waals surface area contributed by atoms with Crippen molar-refractivity contribution < 1.29 is 9.53 Å². The van der Waals surface area contributed by atoms with Gasteiger partial charge in [0.15, 0.2) is 0 Å². The van der Waals surface area contributed by atoms with Crippen molar-refractivity contribution in [3.8, 4) is 0 Å². The number of hydrogen-bond acceptors (Lipinski definition) is 6. The van der Waals surface area contributed by atoms with E-state index in [-0.39, 0.29) is 12.1 Å². The van der Waals surface area contributed by atoms with Crippen molar-refractivity contribution in [3.05, 3.63) is 18.0 Å². The minimum atomic E-state index is -0.454. The fourth-order valence-corrected chi connectivity index (χ4v) is 2.27. The first-order valence-corrected chi connectivity index (χ1v) is 7.89. The second-order valence-corrected chi connectivity index (χ2v) is 6.53. The zero-order valence-electron chi connectivity index (χ0n) is 14.2. The van der Waals surface area contributed by atoms with Crippen LogP contribution in [0.5, 0.6) is 0 Å². The van der Waals surface area contributed by atoms with Crippen LogP contribution in [0.2, 0.25) is 0 Å². The molecule has 7 nitrogen and oxygen atoms in total. The lowest BCUT2D eigenvalue weighted by atomic mass is 10.1. The molecule has 0 spiro atoms. The SMILES string of the molecule is CNc1nccc(C=NC2CCN(C(=O)OC(C)(C)C)CC2)n1. The van der Waals surface area contributed by atoms with Crippen molar-refractivity contribution in [3.63, 3.8) is 0 Å². The number of likely N-dealkylation sites (tertiary alicyclic amines) is 1. The highest BCUT2D eigenvalue weighted by molar-refractivity contribution is 5.77. The molecule has 0 atom stereocenters. The molecule has 1 aliphatic heterocycles. The van der Waals surface area contributed by atoms with Crippen molar-refractivity contribution in [1.82, 2.24) is 14.9 Å². The van der Waals surface area contributed by atoms with Gasteiger partial charge in [-0.15, -0.1) is 0 Å². The summed E-state index contributed by atoms with van der Waals surface area (Å²) in [4.78, 5) is 26.7. The Labute approximate surface area is 137 Å². The van der Waals surface area contributed by atoms with Crippen molar-refractivity contribution in [2.24, 2.45) is 4.99 Å². The summed E-state index contributed by atoms with van der Waals surface area (Å²) in [5.41, 5.74) is 0.323. The van der Waals surface area contributed by atoms with E-state index >= 15 is 0 Å². The fourth-order valence-electron chi connectivity index (χ4n) is 2.27. The highest BCUT2D eigenvalue weighted by atomic mass is 16.6. The minimum Gasteiger partial charge on any atom is -0.444 e. The third-order valence-corrected chi connectivity index (χ3v) is 3.43. The number of nitrogens with zero attached hydrogens (tertiary/aromatic N) is 4. The predicted molar refractivity (Wildman–Crippen MR) is 90.0 cm³/mol. The quantitative estimate of drug-likeness (QED) is 0.865. The third-order valence-electron chi connectivity index (χ3n) is 3.43. The number of nitrogens with one attached hydrogen (secondary N) is 1. The Morgan fingerprint density at radius 3 is 2.74 bits per heavy atom. The van der Waals surface area contributed by atoms with E-state index in [1.807, 2.05) is 26.8 Å². The number of rotatable bonds is 3. The van der Waals surface area contributed by atoms with Crippen molar-refractivity contribution >= 4 is 18.3 Å². The minimum absolute atomic E-state index is 0.210. The van der Waals surface area contributed by atoms with Gasteiger partial charge >= 0.3 is 6.09 Å². The normalized spacial score (nSPS) is 16.6. The maximum Gasteiger partial charge on any atom is 0.410 e. The van der Waals surface area contributed by atoms with E-state index in [1.54, 1.807) is 24.4 Å². The van der Waals surface area contributed by atoms with E-state index in [0.29, 0.717) is 19.0 Å². The molecule has 1 saturated heterocycles. The predicted octanol–water partition coefficient (Wildman–Crippen LogP) is 2.34. The topological polar surface area (TPSA) is 79.7 Å². The van der Waals surface area contributed by atoms with Gasteiger partial charge in [0, 0.05) is 32.5 Å². The number of carbonyl (C=O) groups excluding carboxylic acids is 1. The Bertz CT molecular complexity index is 560. The molecule has 7 heteroatoms. The van der Waals surface area contributed by atoms with Gasteiger partial charge in [-0.05, 0) is 39.7 Å². The van der Waals surface area contributed by atoms with Gasteiger partial charge in [-0.25, -0.2) is 14.8 Å². The van der Waals surface area contributed by atoms with Crippen LogP contribution >= 0.6 is 0 Å². The molecule has 0 bridgehead atoms. The molecule has 1 aromatic heterocycles. The van der Waals surface area contributed by atoms with Gasteiger partial charge in [-0.2, -0.15) is 0 Å². The molecule has 1 amide bonds. The second kappa shape index (κ2) is 7.39. The zero-order chi connectivity index (χ0) is 16.9. The molecule has 1 aliphatic rings. The van der Waals surface area contributed by atoms with Crippen LogP contribution in [0, 0.1) is 0 Å². The lowest BCUT2D eigenvalue weighted by Crippen LogP contribution is -2.42. The number of piperidine rings is 1. The molecular formula is C16H25N5O2. The van der Waals surface area contributed by atoms with Crippen LogP contribution in [-0.4, -0.2) is 59.0 Å². The maximum atomic E-state index is 12.0. The third kappa shape index (κ3) is 5.50. The van der Waals surface area contributed by atoms with Crippen molar-refractivity contribution in [2.75, 3.05) is 25.5 Å². The number of aliphatic imine (C=N–C) groups is 1. The van der Waals surface area contributed by atoms with Gasteiger partial charge in [-0.3, -0.25) is 4.99 Å². The summed E-state index contributed by atoms with van der Waals surface area (Å²) >= 11 is 0. The summed E-state index contributed by atoms with van der Waals surface area (Å²) in [6, 6.07) is 2.03. The van der Waals surface area contributed by atoms with Crippen LogP contribution in [0.1, 0.15) is 39.3 Å². The fraction of sp³-hybridized carbons (Fsp3) is 0.625. The Morgan fingerprint density at radius 2 is 2.13 bits per heavy atom. The van der Waals surface area contributed by atoms with Gasteiger partial charge in [-0.1, -0.05) is 0 Å². The number of hydrogen-bond donors (Lipinski definition) is 1. The van der Waals surface area contributed by atoms with E-state index in [4.69, 9.17) is 4.74 Å². The summed E-state index contributed by atoms with van der Waals surface area (Å²) in [6.07, 6.45) is 4.90. The molecule has 1 fully saturated rings. The zero-order valence-corrected chi connectivity index (χ0v) is 14.2. The summed E-state index contributed by atoms with van der Waals surface area (Å²) in [5, 5.41) is 2.90. The molecule has 23 heavy (non-hydrogen) atoms. The number of carbonyl (C=O) groups is 1. The molecular weight excluding hydrogens is 294 g/mol. The smallest absolute Gasteiger partial charge is 0.410 e. The summed E-state index contributed by atoms with van der Waals surface area (Å²) in [5.74, 6) is 0.577. The lowest BCUT2D eigenvalue weighted by molar-refractivity contribution is 0.0207. The highest BCUT2D eigenvalue weighted by Gasteiger charge is 2.26.